The van der Waals surface area contributed by atoms with Gasteiger partial charge in [-0.1, -0.05) is 73.1 Å². The van der Waals surface area contributed by atoms with E-state index in [1.54, 1.807) is 0 Å². The van der Waals surface area contributed by atoms with Gasteiger partial charge in [0.1, 0.15) is 13.9 Å². The third kappa shape index (κ3) is 4.35. The van der Waals surface area contributed by atoms with E-state index >= 15 is 0 Å². The fraction of sp³-hybridized carbons (Fsp3) is 0.524. The molecular weight excluding hydrogens is 299 g/mol. The molecule has 0 radical (unpaired) electrons. The van der Waals surface area contributed by atoms with Gasteiger partial charge in [0.15, 0.2) is 0 Å². The van der Waals surface area contributed by atoms with E-state index in [1.807, 2.05) is 12.1 Å². The molecule has 0 aliphatic carbocycles. The van der Waals surface area contributed by atoms with Crippen LogP contribution in [-0.4, -0.2) is 8.07 Å². The van der Waals surface area contributed by atoms with E-state index in [0.29, 0.717) is 16.6 Å². The lowest BCUT2D eigenvalue weighted by molar-refractivity contribution is 0.626. The van der Waals surface area contributed by atoms with E-state index in [-0.39, 0.29) is 11.7 Å². The van der Waals surface area contributed by atoms with Crippen molar-refractivity contribution in [1.82, 2.24) is 0 Å². The van der Waals surface area contributed by atoms with E-state index in [2.05, 4.69) is 66.5 Å². The fourth-order valence-electron chi connectivity index (χ4n) is 3.68. The lowest BCUT2D eigenvalue weighted by Gasteiger charge is -2.38. The maximum atomic E-state index is 13.1. The van der Waals surface area contributed by atoms with Crippen molar-refractivity contribution in [2.24, 2.45) is 0 Å². The lowest BCUT2D eigenvalue weighted by Crippen LogP contribution is -2.43. The molecule has 1 aromatic carbocycles. The average Bonchev–Trinajstić information content (AvgIpc) is 2.46. The summed E-state index contributed by atoms with van der Waals surface area (Å²) in [4.78, 5) is 0. The van der Waals surface area contributed by atoms with Gasteiger partial charge in [-0.25, -0.2) is 4.39 Å². The topological polar surface area (TPSA) is 0 Å². The summed E-state index contributed by atoms with van der Waals surface area (Å²) in [5.41, 5.74) is 7.55. The Hall–Kier alpha value is -1.33. The Balaban J connectivity index is 3.11. The Labute approximate surface area is 143 Å². The number of benzene rings is 1. The highest BCUT2D eigenvalue weighted by molar-refractivity contribution is 6.90. The minimum atomic E-state index is -1.73. The molecule has 0 saturated carbocycles. The standard InChI is InChI=1S/C21H31FSi/c1-15(2)23(16(3)4,17(5)6)14-13-18(7)19(8)20-9-11-21(22)12-10-20/h9-12,15-17,19H,7H2,1-6,8H3. The third-order valence-corrected chi connectivity index (χ3v) is 11.5. The van der Waals surface area contributed by atoms with Gasteiger partial charge in [-0.05, 0) is 34.3 Å². The van der Waals surface area contributed by atoms with E-state index in [4.69, 9.17) is 0 Å². The van der Waals surface area contributed by atoms with Crippen molar-refractivity contribution >= 4 is 8.07 Å². The summed E-state index contributed by atoms with van der Waals surface area (Å²) < 4.78 is 13.1. The summed E-state index contributed by atoms with van der Waals surface area (Å²) in [5.74, 6) is 3.33. The van der Waals surface area contributed by atoms with Crippen LogP contribution in [0.3, 0.4) is 0 Å². The minimum Gasteiger partial charge on any atom is -0.207 e. The zero-order valence-electron chi connectivity index (χ0n) is 15.7. The molecule has 1 atom stereocenters. The number of rotatable bonds is 5. The maximum Gasteiger partial charge on any atom is 0.146 e. The van der Waals surface area contributed by atoms with Crippen LogP contribution in [0.5, 0.6) is 0 Å². The molecule has 0 fully saturated rings. The summed E-state index contributed by atoms with van der Waals surface area (Å²) in [7, 11) is -1.73. The molecule has 0 nitrogen and oxygen atoms in total. The van der Waals surface area contributed by atoms with Crippen molar-refractivity contribution in [3.63, 3.8) is 0 Å². The monoisotopic (exact) mass is 330 g/mol. The van der Waals surface area contributed by atoms with Crippen LogP contribution in [0.1, 0.15) is 59.9 Å². The Morgan fingerprint density at radius 2 is 1.35 bits per heavy atom. The van der Waals surface area contributed by atoms with Gasteiger partial charge in [-0.15, -0.1) is 5.54 Å². The fourth-order valence-corrected chi connectivity index (χ4v) is 8.93. The molecular formula is C21H31FSi. The Kier molecular flexibility index (Phi) is 6.83. The molecule has 0 spiro atoms. The van der Waals surface area contributed by atoms with Gasteiger partial charge in [0.2, 0.25) is 0 Å². The van der Waals surface area contributed by atoms with Crippen molar-refractivity contribution in [3.8, 4) is 11.5 Å². The number of hydrogen-bond acceptors (Lipinski definition) is 0. The normalized spacial score (nSPS) is 13.2. The smallest absolute Gasteiger partial charge is 0.146 e. The highest BCUT2D eigenvalue weighted by Crippen LogP contribution is 2.41. The Morgan fingerprint density at radius 3 is 1.74 bits per heavy atom. The first-order valence-electron chi connectivity index (χ1n) is 8.60. The van der Waals surface area contributed by atoms with Crippen LogP contribution >= 0.6 is 0 Å². The van der Waals surface area contributed by atoms with Crippen LogP contribution in [0, 0.1) is 17.3 Å². The first-order chi connectivity index (χ1) is 10.6. The highest BCUT2D eigenvalue weighted by Gasteiger charge is 2.41. The third-order valence-electron chi connectivity index (χ3n) is 5.20. The summed E-state index contributed by atoms with van der Waals surface area (Å²) >= 11 is 0. The summed E-state index contributed by atoms with van der Waals surface area (Å²) in [6, 6.07) is 6.65. The van der Waals surface area contributed by atoms with E-state index in [0.717, 1.165) is 11.1 Å². The number of halogens is 1. The minimum absolute atomic E-state index is 0.126. The summed E-state index contributed by atoms with van der Waals surface area (Å²) in [6.07, 6.45) is 0. The van der Waals surface area contributed by atoms with Crippen LogP contribution in [0.15, 0.2) is 36.4 Å². The predicted molar refractivity (Wildman–Crippen MR) is 103 cm³/mol. The summed E-state index contributed by atoms with van der Waals surface area (Å²) in [6.45, 7) is 20.2. The van der Waals surface area contributed by atoms with Crippen LogP contribution in [0.25, 0.3) is 0 Å². The second-order valence-corrected chi connectivity index (χ2v) is 13.0. The molecule has 1 unspecified atom stereocenters. The molecule has 0 N–H and O–H groups in total. The molecule has 2 heteroatoms. The molecule has 23 heavy (non-hydrogen) atoms. The Morgan fingerprint density at radius 1 is 0.913 bits per heavy atom. The molecule has 0 amide bonds. The van der Waals surface area contributed by atoms with Crippen molar-refractivity contribution in [1.29, 1.82) is 0 Å². The first-order valence-corrected chi connectivity index (χ1v) is 10.8. The van der Waals surface area contributed by atoms with Crippen LogP contribution in [0.4, 0.5) is 4.39 Å². The molecule has 1 rings (SSSR count). The van der Waals surface area contributed by atoms with Crippen molar-refractivity contribution in [2.45, 2.75) is 71.0 Å². The lowest BCUT2D eigenvalue weighted by atomic mass is 9.94. The number of allylic oxidation sites excluding steroid dienone is 1. The van der Waals surface area contributed by atoms with Gasteiger partial charge in [0.05, 0.1) is 0 Å². The molecule has 0 bridgehead atoms. The van der Waals surface area contributed by atoms with Gasteiger partial charge in [0, 0.05) is 11.5 Å². The largest absolute Gasteiger partial charge is 0.207 e. The molecule has 0 saturated heterocycles. The SMILES string of the molecule is C=C(C#C[Si](C(C)C)(C(C)C)C(C)C)C(C)c1ccc(F)cc1. The quantitative estimate of drug-likeness (QED) is 0.416. The van der Waals surface area contributed by atoms with Gasteiger partial charge in [-0.3, -0.25) is 0 Å². The molecule has 1 aromatic rings. The predicted octanol–water partition coefficient (Wildman–Crippen LogP) is 6.71. The van der Waals surface area contributed by atoms with E-state index in [1.165, 1.54) is 12.1 Å². The van der Waals surface area contributed by atoms with Crippen LogP contribution < -0.4 is 0 Å². The van der Waals surface area contributed by atoms with Crippen molar-refractivity contribution in [3.05, 3.63) is 47.8 Å². The van der Waals surface area contributed by atoms with Gasteiger partial charge in [0.25, 0.3) is 0 Å². The van der Waals surface area contributed by atoms with Crippen LogP contribution in [-0.2, 0) is 0 Å². The van der Waals surface area contributed by atoms with Gasteiger partial charge >= 0.3 is 0 Å². The zero-order chi connectivity index (χ0) is 17.8. The molecule has 0 aromatic heterocycles. The average molecular weight is 331 g/mol. The number of hydrogen-bond donors (Lipinski definition) is 0. The molecule has 0 heterocycles. The van der Waals surface area contributed by atoms with Crippen molar-refractivity contribution in [2.75, 3.05) is 0 Å². The van der Waals surface area contributed by atoms with E-state index < -0.39 is 8.07 Å². The van der Waals surface area contributed by atoms with E-state index in [9.17, 15) is 4.39 Å². The summed E-state index contributed by atoms with van der Waals surface area (Å²) in [5, 5.41) is 0. The van der Waals surface area contributed by atoms with Gasteiger partial charge < -0.3 is 0 Å². The second-order valence-electron chi connectivity index (χ2n) is 7.45. The Bertz CT molecular complexity index is 563. The molecule has 126 valence electrons. The van der Waals surface area contributed by atoms with Crippen LogP contribution in [0.2, 0.25) is 16.6 Å². The maximum absolute atomic E-state index is 13.1. The highest BCUT2D eigenvalue weighted by atomic mass is 28.3. The molecule has 0 aliphatic heterocycles. The first kappa shape index (κ1) is 19.7. The molecule has 0 aliphatic rings. The zero-order valence-corrected chi connectivity index (χ0v) is 16.7. The van der Waals surface area contributed by atoms with Crippen molar-refractivity contribution < 1.29 is 4.39 Å². The second kappa shape index (κ2) is 7.97. The van der Waals surface area contributed by atoms with Gasteiger partial charge in [-0.2, -0.15) is 0 Å².